The number of benzene rings is 2. The molecule has 0 heterocycles. The molecule has 0 amide bonds. The smallest absolute Gasteiger partial charge is 0.115 e. The number of aryl methyl sites for hydroxylation is 1. The SMILES string of the molecule is CCCC[C@H]1Cc2cc(N=O)c(CCCO)cc2CC1C.Oc1ccccc1. The van der Waals surface area contributed by atoms with Crippen LogP contribution in [0.4, 0.5) is 5.69 Å². The van der Waals surface area contributed by atoms with Gasteiger partial charge in [-0.15, -0.1) is 4.91 Å². The quantitative estimate of drug-likeness (QED) is 0.581. The lowest BCUT2D eigenvalue weighted by atomic mass is 9.74. The summed E-state index contributed by atoms with van der Waals surface area (Å²) in [5.74, 6) is 1.77. The molecule has 0 fully saturated rings. The number of hydrogen-bond acceptors (Lipinski definition) is 4. The number of rotatable bonds is 7. The summed E-state index contributed by atoms with van der Waals surface area (Å²) >= 11 is 0. The number of phenols is 1. The minimum Gasteiger partial charge on any atom is -0.508 e. The molecule has 1 aliphatic rings. The second-order valence-corrected chi connectivity index (χ2v) is 7.79. The third kappa shape index (κ3) is 6.45. The van der Waals surface area contributed by atoms with Crippen molar-refractivity contribution in [1.82, 2.24) is 0 Å². The summed E-state index contributed by atoms with van der Waals surface area (Å²) in [7, 11) is 0. The van der Waals surface area contributed by atoms with Crippen LogP contribution in [0.1, 0.15) is 56.2 Å². The van der Waals surface area contributed by atoms with Crippen molar-refractivity contribution in [2.75, 3.05) is 6.61 Å². The average molecular weight is 384 g/mol. The van der Waals surface area contributed by atoms with Crippen molar-refractivity contribution < 1.29 is 10.2 Å². The largest absolute Gasteiger partial charge is 0.508 e. The number of nitrogens with zero attached hydrogens (tertiary/aromatic N) is 1. The second kappa shape index (κ2) is 11.6. The minimum absolute atomic E-state index is 0.158. The van der Waals surface area contributed by atoms with Gasteiger partial charge in [-0.25, -0.2) is 0 Å². The first-order chi connectivity index (χ1) is 13.6. The highest BCUT2D eigenvalue weighted by Crippen LogP contribution is 2.36. The number of unbranched alkanes of at least 4 members (excludes halogenated alkanes) is 1. The summed E-state index contributed by atoms with van der Waals surface area (Å²) in [6.45, 7) is 4.75. The van der Waals surface area contributed by atoms with Crippen LogP contribution >= 0.6 is 0 Å². The lowest BCUT2D eigenvalue weighted by Gasteiger charge is -2.31. The van der Waals surface area contributed by atoms with E-state index >= 15 is 0 Å². The molecular formula is C24H33NO3. The van der Waals surface area contributed by atoms with Crippen molar-refractivity contribution in [3.8, 4) is 5.75 Å². The minimum atomic E-state index is 0.158. The van der Waals surface area contributed by atoms with Gasteiger partial charge < -0.3 is 10.2 Å². The van der Waals surface area contributed by atoms with Gasteiger partial charge in [-0.1, -0.05) is 51.0 Å². The van der Waals surface area contributed by atoms with E-state index in [-0.39, 0.29) is 6.61 Å². The van der Waals surface area contributed by atoms with Gasteiger partial charge in [0.15, 0.2) is 0 Å². The highest BCUT2D eigenvalue weighted by Gasteiger charge is 2.26. The number of aliphatic hydroxyl groups is 1. The van der Waals surface area contributed by atoms with Crippen LogP contribution in [-0.4, -0.2) is 16.8 Å². The Bertz CT molecular complexity index is 730. The molecule has 0 bridgehead atoms. The molecule has 4 nitrogen and oxygen atoms in total. The summed E-state index contributed by atoms with van der Waals surface area (Å²) in [5, 5.41) is 20.8. The van der Waals surface area contributed by atoms with E-state index in [0.717, 1.165) is 30.7 Å². The Kier molecular flexibility index (Phi) is 9.15. The molecule has 1 unspecified atom stereocenters. The Balaban J connectivity index is 0.000000336. The molecule has 2 atom stereocenters. The lowest BCUT2D eigenvalue weighted by Crippen LogP contribution is -2.23. The lowest BCUT2D eigenvalue weighted by molar-refractivity contribution is 0.288. The molecule has 2 aromatic rings. The van der Waals surface area contributed by atoms with Gasteiger partial charge in [0.25, 0.3) is 0 Å². The maximum absolute atomic E-state index is 11.1. The molecule has 0 aliphatic heterocycles. The number of hydrogen-bond donors (Lipinski definition) is 2. The van der Waals surface area contributed by atoms with Crippen LogP contribution in [0.25, 0.3) is 0 Å². The van der Waals surface area contributed by atoms with Crippen molar-refractivity contribution in [3.05, 3.63) is 64.1 Å². The van der Waals surface area contributed by atoms with E-state index < -0.39 is 0 Å². The van der Waals surface area contributed by atoms with Gasteiger partial charge >= 0.3 is 0 Å². The number of phenolic OH excluding ortho intramolecular Hbond substituents is 1. The molecule has 0 saturated heterocycles. The fourth-order valence-electron chi connectivity index (χ4n) is 3.94. The van der Waals surface area contributed by atoms with Crippen molar-refractivity contribution in [1.29, 1.82) is 0 Å². The van der Waals surface area contributed by atoms with Crippen LogP contribution in [-0.2, 0) is 19.3 Å². The van der Waals surface area contributed by atoms with Gasteiger partial charge in [-0.3, -0.25) is 0 Å². The summed E-state index contributed by atoms with van der Waals surface area (Å²) in [5.41, 5.74) is 4.27. The zero-order chi connectivity index (χ0) is 20.4. The Morgan fingerprint density at radius 2 is 1.79 bits per heavy atom. The Hall–Kier alpha value is -2.20. The number of fused-ring (bicyclic) bond motifs is 1. The van der Waals surface area contributed by atoms with E-state index in [0.29, 0.717) is 23.8 Å². The second-order valence-electron chi connectivity index (χ2n) is 7.79. The van der Waals surface area contributed by atoms with Gasteiger partial charge in [0.05, 0.1) is 0 Å². The monoisotopic (exact) mass is 383 g/mol. The third-order valence-electron chi connectivity index (χ3n) is 5.62. The van der Waals surface area contributed by atoms with Crippen molar-refractivity contribution in [2.45, 2.75) is 58.8 Å². The molecule has 4 heteroatoms. The van der Waals surface area contributed by atoms with E-state index in [9.17, 15) is 4.91 Å². The molecule has 2 N–H and O–H groups in total. The van der Waals surface area contributed by atoms with Gasteiger partial charge in [-0.05, 0) is 84.0 Å². The number of aliphatic hydroxyl groups excluding tert-OH is 1. The molecule has 3 rings (SSSR count). The van der Waals surface area contributed by atoms with Crippen LogP contribution in [0.5, 0.6) is 5.75 Å². The van der Waals surface area contributed by atoms with Crippen LogP contribution in [0.3, 0.4) is 0 Å². The predicted molar refractivity (Wildman–Crippen MR) is 115 cm³/mol. The molecule has 2 aromatic carbocycles. The van der Waals surface area contributed by atoms with E-state index in [2.05, 4.69) is 25.1 Å². The fourth-order valence-corrected chi connectivity index (χ4v) is 3.94. The highest BCUT2D eigenvalue weighted by molar-refractivity contribution is 5.52. The summed E-state index contributed by atoms with van der Waals surface area (Å²) in [6, 6.07) is 12.9. The first-order valence-corrected chi connectivity index (χ1v) is 10.4. The van der Waals surface area contributed by atoms with Crippen LogP contribution in [0, 0.1) is 16.7 Å². The van der Waals surface area contributed by atoms with E-state index in [1.165, 1.54) is 30.4 Å². The van der Waals surface area contributed by atoms with Crippen molar-refractivity contribution >= 4 is 5.69 Å². The van der Waals surface area contributed by atoms with Crippen molar-refractivity contribution in [3.63, 3.8) is 0 Å². The molecule has 28 heavy (non-hydrogen) atoms. The first kappa shape index (κ1) is 22.1. The Morgan fingerprint density at radius 1 is 1.07 bits per heavy atom. The van der Waals surface area contributed by atoms with Gasteiger partial charge in [0.2, 0.25) is 0 Å². The molecule has 1 aliphatic carbocycles. The van der Waals surface area contributed by atoms with Gasteiger partial charge in [-0.2, -0.15) is 0 Å². The standard InChI is InChI=1S/C18H27NO2.C6H6O/c1-3-4-6-14-10-17-12-18(19-21)15(7-5-8-20)11-16(17)9-13(14)2;7-6-4-2-1-3-5-6/h11-14,20H,3-10H2,1-2H3;1-5,7H/t13?,14-;/m0./s1. The Morgan fingerprint density at radius 3 is 2.36 bits per heavy atom. The topological polar surface area (TPSA) is 69.9 Å². The maximum atomic E-state index is 11.1. The van der Waals surface area contributed by atoms with Gasteiger partial charge in [0.1, 0.15) is 11.4 Å². The van der Waals surface area contributed by atoms with E-state index in [4.69, 9.17) is 10.2 Å². The fraction of sp³-hybridized carbons (Fsp3) is 0.500. The predicted octanol–water partition coefficient (Wildman–Crippen LogP) is 5.94. The van der Waals surface area contributed by atoms with Crippen LogP contribution < -0.4 is 0 Å². The maximum Gasteiger partial charge on any atom is 0.115 e. The summed E-state index contributed by atoms with van der Waals surface area (Å²) < 4.78 is 0. The molecule has 0 radical (unpaired) electrons. The molecule has 152 valence electrons. The number of nitroso groups, excluding NO2 is 1. The van der Waals surface area contributed by atoms with Gasteiger partial charge in [0, 0.05) is 6.61 Å². The number of para-hydroxylation sites is 1. The van der Waals surface area contributed by atoms with E-state index in [1.807, 2.05) is 12.1 Å². The summed E-state index contributed by atoms with van der Waals surface area (Å²) in [6.07, 6.45) is 7.44. The third-order valence-corrected chi connectivity index (χ3v) is 5.62. The van der Waals surface area contributed by atoms with Crippen molar-refractivity contribution in [2.24, 2.45) is 17.0 Å². The zero-order valence-corrected chi connectivity index (χ0v) is 17.1. The average Bonchev–Trinajstić information content (AvgIpc) is 2.71. The molecular weight excluding hydrogens is 350 g/mol. The Labute approximate surface area is 168 Å². The molecule has 0 aromatic heterocycles. The van der Waals surface area contributed by atoms with Crippen LogP contribution in [0.15, 0.2) is 47.6 Å². The van der Waals surface area contributed by atoms with Crippen LogP contribution in [0.2, 0.25) is 0 Å². The highest BCUT2D eigenvalue weighted by atomic mass is 16.3. The molecule has 0 saturated carbocycles. The van der Waals surface area contributed by atoms with E-state index in [1.54, 1.807) is 24.3 Å². The first-order valence-electron chi connectivity index (χ1n) is 10.4. The summed E-state index contributed by atoms with van der Waals surface area (Å²) in [4.78, 5) is 11.1. The normalized spacial score (nSPS) is 18.0. The molecule has 0 spiro atoms. The zero-order valence-electron chi connectivity index (χ0n) is 17.1. The number of aromatic hydroxyl groups is 1.